The molecular formula is C9H9Cl2NO. The fourth-order valence-electron chi connectivity index (χ4n) is 0.934. The largest absolute Gasteiger partial charge is 0.344 e. The van der Waals surface area contributed by atoms with E-state index in [1.54, 1.807) is 17.0 Å². The van der Waals surface area contributed by atoms with E-state index in [0.717, 1.165) is 12.0 Å². The highest BCUT2D eigenvalue weighted by atomic mass is 35.5. The van der Waals surface area contributed by atoms with E-state index in [1.165, 1.54) is 0 Å². The first-order valence-corrected chi connectivity index (χ1v) is 4.81. The van der Waals surface area contributed by atoms with Crippen molar-refractivity contribution in [3.8, 4) is 0 Å². The lowest BCUT2D eigenvalue weighted by Gasteiger charge is -2.17. The average molecular weight is 218 g/mol. The highest BCUT2D eigenvalue weighted by Gasteiger charge is 2.01. The van der Waals surface area contributed by atoms with E-state index < -0.39 is 0 Å². The Kier molecular flexibility index (Phi) is 4.06. The lowest BCUT2D eigenvalue weighted by atomic mass is 10.2. The van der Waals surface area contributed by atoms with Crippen molar-refractivity contribution in [2.24, 2.45) is 0 Å². The molecule has 0 spiro atoms. The number of carbonyl (C=O) groups excluding carboxylic acids is 1. The first kappa shape index (κ1) is 10.4. The van der Waals surface area contributed by atoms with Gasteiger partial charge in [-0.15, -0.1) is 23.2 Å². The molecule has 0 saturated carbocycles. The van der Waals surface area contributed by atoms with Gasteiger partial charge in [-0.05, 0) is 24.3 Å². The molecule has 0 radical (unpaired) electrons. The molecule has 0 atom stereocenters. The number of benzene rings is 1. The van der Waals surface area contributed by atoms with Crippen molar-refractivity contribution in [3.05, 3.63) is 29.8 Å². The molecule has 1 aromatic rings. The van der Waals surface area contributed by atoms with Gasteiger partial charge in [0.15, 0.2) is 0 Å². The Balaban J connectivity index is 2.83. The number of alkyl halides is 2. The molecule has 13 heavy (non-hydrogen) atoms. The number of carbonyl (C=O) groups is 1. The molecule has 0 amide bonds. The van der Waals surface area contributed by atoms with Gasteiger partial charge in [0.05, 0.1) is 12.0 Å². The van der Waals surface area contributed by atoms with Crippen molar-refractivity contribution in [3.63, 3.8) is 0 Å². The standard InChI is InChI=1S/C9H9Cl2NO/c10-6-12(7-11)9-3-1-8(5-13)2-4-9/h1-5H,6-7H2. The van der Waals surface area contributed by atoms with Crippen molar-refractivity contribution >= 4 is 35.2 Å². The van der Waals surface area contributed by atoms with Crippen LogP contribution in [0, 0.1) is 0 Å². The van der Waals surface area contributed by atoms with Gasteiger partial charge in [-0.2, -0.15) is 0 Å². The first-order chi connectivity index (χ1) is 6.31. The molecular weight excluding hydrogens is 209 g/mol. The van der Waals surface area contributed by atoms with Crippen LogP contribution in [0.15, 0.2) is 24.3 Å². The van der Waals surface area contributed by atoms with Crippen molar-refractivity contribution in [1.29, 1.82) is 0 Å². The van der Waals surface area contributed by atoms with Gasteiger partial charge < -0.3 is 4.90 Å². The monoisotopic (exact) mass is 217 g/mol. The Morgan fingerprint density at radius 2 is 1.69 bits per heavy atom. The van der Waals surface area contributed by atoms with Gasteiger partial charge in [0, 0.05) is 11.3 Å². The number of anilines is 1. The molecule has 0 aromatic heterocycles. The Labute approximate surface area is 87.1 Å². The summed E-state index contributed by atoms with van der Waals surface area (Å²) >= 11 is 11.3. The summed E-state index contributed by atoms with van der Waals surface area (Å²) in [6.45, 7) is 0. The molecule has 0 bridgehead atoms. The molecule has 2 nitrogen and oxygen atoms in total. The number of aldehydes is 1. The molecule has 4 heteroatoms. The van der Waals surface area contributed by atoms with Crippen LogP contribution in [0.2, 0.25) is 0 Å². The molecule has 70 valence electrons. The van der Waals surface area contributed by atoms with Crippen LogP contribution in [0.5, 0.6) is 0 Å². The maximum Gasteiger partial charge on any atom is 0.150 e. The maximum absolute atomic E-state index is 10.4. The summed E-state index contributed by atoms with van der Waals surface area (Å²) in [5, 5.41) is 0. The van der Waals surface area contributed by atoms with Crippen LogP contribution in [-0.4, -0.2) is 18.3 Å². The summed E-state index contributed by atoms with van der Waals surface area (Å²) in [5.74, 6) is 0. The molecule has 0 aliphatic heterocycles. The Bertz CT molecular complexity index is 269. The summed E-state index contributed by atoms with van der Waals surface area (Å²) < 4.78 is 0. The normalized spacial score (nSPS) is 9.69. The maximum atomic E-state index is 10.4. The number of nitrogens with zero attached hydrogens (tertiary/aromatic N) is 1. The summed E-state index contributed by atoms with van der Waals surface area (Å²) in [6, 6.07) is 7.76. The Morgan fingerprint density at radius 3 is 2.08 bits per heavy atom. The van der Waals surface area contributed by atoms with E-state index in [-0.39, 0.29) is 0 Å². The van der Waals surface area contributed by atoms with E-state index in [0.29, 0.717) is 17.6 Å². The molecule has 0 N–H and O–H groups in total. The Morgan fingerprint density at radius 1 is 1.15 bits per heavy atom. The molecule has 1 rings (SSSR count). The lowest BCUT2D eigenvalue weighted by Crippen LogP contribution is -2.18. The quantitative estimate of drug-likeness (QED) is 0.440. The third-order valence-electron chi connectivity index (χ3n) is 1.68. The van der Waals surface area contributed by atoms with Gasteiger partial charge in [-0.1, -0.05) is 0 Å². The van der Waals surface area contributed by atoms with Gasteiger partial charge >= 0.3 is 0 Å². The fraction of sp³-hybridized carbons (Fsp3) is 0.222. The molecule has 1 aromatic carbocycles. The summed E-state index contributed by atoms with van der Waals surface area (Å²) in [4.78, 5) is 12.1. The van der Waals surface area contributed by atoms with Crippen LogP contribution in [0.25, 0.3) is 0 Å². The van der Waals surface area contributed by atoms with Crippen LogP contribution in [0.4, 0.5) is 5.69 Å². The molecule has 0 saturated heterocycles. The van der Waals surface area contributed by atoms with Crippen molar-refractivity contribution in [2.75, 3.05) is 16.9 Å². The molecule has 0 aliphatic carbocycles. The SMILES string of the molecule is O=Cc1ccc(N(CCl)CCl)cc1. The number of halogens is 2. The van der Waals surface area contributed by atoms with Crippen LogP contribution in [0.1, 0.15) is 10.4 Å². The highest BCUT2D eigenvalue weighted by molar-refractivity contribution is 6.22. The van der Waals surface area contributed by atoms with Gasteiger partial charge in [0.1, 0.15) is 6.29 Å². The average Bonchev–Trinajstić information content (AvgIpc) is 2.21. The van der Waals surface area contributed by atoms with Crippen LogP contribution < -0.4 is 4.90 Å². The zero-order chi connectivity index (χ0) is 9.68. The minimum absolute atomic E-state index is 0.337. The lowest BCUT2D eigenvalue weighted by molar-refractivity contribution is 0.112. The molecule has 0 unspecified atom stereocenters. The van der Waals surface area contributed by atoms with Gasteiger partial charge in [-0.25, -0.2) is 0 Å². The minimum Gasteiger partial charge on any atom is -0.344 e. The topological polar surface area (TPSA) is 20.3 Å². The van der Waals surface area contributed by atoms with Crippen molar-refractivity contribution < 1.29 is 4.79 Å². The van der Waals surface area contributed by atoms with E-state index in [2.05, 4.69) is 0 Å². The Hall–Kier alpha value is -0.730. The predicted octanol–water partition coefficient (Wildman–Crippen LogP) is 2.70. The van der Waals surface area contributed by atoms with Crippen LogP contribution in [0.3, 0.4) is 0 Å². The zero-order valence-electron chi connectivity index (χ0n) is 6.91. The van der Waals surface area contributed by atoms with Crippen molar-refractivity contribution in [1.82, 2.24) is 0 Å². The van der Waals surface area contributed by atoms with Gasteiger partial charge in [0.25, 0.3) is 0 Å². The summed E-state index contributed by atoms with van der Waals surface area (Å²) in [5.41, 5.74) is 1.56. The fourth-order valence-corrected chi connectivity index (χ4v) is 1.47. The minimum atomic E-state index is 0.337. The summed E-state index contributed by atoms with van der Waals surface area (Å²) in [6.07, 6.45) is 0.801. The number of rotatable bonds is 4. The van der Waals surface area contributed by atoms with E-state index in [9.17, 15) is 4.79 Å². The summed E-state index contributed by atoms with van der Waals surface area (Å²) in [7, 11) is 0. The smallest absolute Gasteiger partial charge is 0.150 e. The predicted molar refractivity (Wildman–Crippen MR) is 55.7 cm³/mol. The molecule has 0 aliphatic rings. The van der Waals surface area contributed by atoms with Gasteiger partial charge in [-0.3, -0.25) is 4.79 Å². The second-order valence-corrected chi connectivity index (χ2v) is 2.97. The zero-order valence-corrected chi connectivity index (χ0v) is 8.42. The van der Waals surface area contributed by atoms with E-state index in [1.807, 2.05) is 12.1 Å². The van der Waals surface area contributed by atoms with E-state index >= 15 is 0 Å². The number of hydrogen-bond donors (Lipinski definition) is 0. The molecule has 0 fully saturated rings. The van der Waals surface area contributed by atoms with Crippen LogP contribution in [-0.2, 0) is 0 Å². The highest BCUT2D eigenvalue weighted by Crippen LogP contribution is 2.15. The third kappa shape index (κ3) is 2.61. The molecule has 0 heterocycles. The second kappa shape index (κ2) is 5.10. The van der Waals surface area contributed by atoms with E-state index in [4.69, 9.17) is 23.2 Å². The first-order valence-electron chi connectivity index (χ1n) is 3.74. The number of hydrogen-bond acceptors (Lipinski definition) is 2. The van der Waals surface area contributed by atoms with Gasteiger partial charge in [0.2, 0.25) is 0 Å². The second-order valence-electron chi connectivity index (χ2n) is 2.49. The van der Waals surface area contributed by atoms with Crippen LogP contribution >= 0.6 is 23.2 Å². The third-order valence-corrected chi connectivity index (χ3v) is 2.26. The van der Waals surface area contributed by atoms with Crippen molar-refractivity contribution in [2.45, 2.75) is 0 Å².